The smallest absolute Gasteiger partial charge is 0.238 e. The molecule has 0 aliphatic carbocycles. The van der Waals surface area contributed by atoms with Crippen molar-refractivity contribution >= 4 is 15.9 Å². The zero-order chi connectivity index (χ0) is 12.3. The van der Waals surface area contributed by atoms with E-state index in [9.17, 15) is 0 Å². The highest BCUT2D eigenvalue weighted by molar-refractivity contribution is 9.10. The van der Waals surface area contributed by atoms with Gasteiger partial charge < -0.3 is 10.5 Å². The largest absolute Gasteiger partial charge is 0.437 e. The lowest BCUT2D eigenvalue weighted by Crippen LogP contribution is -2.00. The van der Waals surface area contributed by atoms with Gasteiger partial charge in [-0.2, -0.15) is 5.10 Å². The van der Waals surface area contributed by atoms with Crippen LogP contribution in [0.2, 0.25) is 0 Å². The number of halogens is 1. The molecule has 88 valence electrons. The van der Waals surface area contributed by atoms with Gasteiger partial charge in [-0.15, -0.1) is 5.10 Å². The molecule has 0 radical (unpaired) electrons. The van der Waals surface area contributed by atoms with E-state index < -0.39 is 0 Å². The summed E-state index contributed by atoms with van der Waals surface area (Å²) < 4.78 is 6.61. The minimum absolute atomic E-state index is 0.411. The molecule has 1 aromatic carbocycles. The minimum atomic E-state index is 0.411. The highest BCUT2D eigenvalue weighted by atomic mass is 79.9. The van der Waals surface area contributed by atoms with Gasteiger partial charge in [0.05, 0.1) is 5.69 Å². The molecular weight excluding hydrogens is 282 g/mol. The molecule has 0 bridgehead atoms. The Hall–Kier alpha value is -1.46. The van der Waals surface area contributed by atoms with Gasteiger partial charge in [-0.1, -0.05) is 15.9 Å². The number of aryl methyl sites for hydroxylation is 1. The predicted molar refractivity (Wildman–Crippen MR) is 68.9 cm³/mol. The summed E-state index contributed by atoms with van der Waals surface area (Å²) in [6.07, 6.45) is 0. The number of hydrogen-bond donors (Lipinski definition) is 1. The lowest BCUT2D eigenvalue weighted by Gasteiger charge is -2.09. The molecule has 0 fully saturated rings. The number of ether oxygens (including phenoxy) is 1. The van der Waals surface area contributed by atoms with E-state index >= 15 is 0 Å². The van der Waals surface area contributed by atoms with Crippen LogP contribution in [0.4, 0.5) is 0 Å². The van der Waals surface area contributed by atoms with Crippen LogP contribution in [-0.2, 0) is 6.54 Å². The van der Waals surface area contributed by atoms with Crippen molar-refractivity contribution in [2.75, 3.05) is 0 Å². The molecule has 4 nitrogen and oxygen atoms in total. The first-order chi connectivity index (χ1) is 8.19. The molecule has 0 unspecified atom stereocenters. The molecule has 0 saturated heterocycles. The molecular formula is C12H12BrN3O. The summed E-state index contributed by atoms with van der Waals surface area (Å²) in [5, 5.41) is 7.88. The number of benzene rings is 1. The van der Waals surface area contributed by atoms with E-state index in [4.69, 9.17) is 10.5 Å². The van der Waals surface area contributed by atoms with Crippen molar-refractivity contribution in [2.45, 2.75) is 13.5 Å². The maximum atomic E-state index is 5.66. The molecule has 5 heteroatoms. The van der Waals surface area contributed by atoms with E-state index in [0.717, 1.165) is 15.7 Å². The van der Waals surface area contributed by atoms with Gasteiger partial charge in [0.15, 0.2) is 0 Å². The highest BCUT2D eigenvalue weighted by Crippen LogP contribution is 2.26. The van der Waals surface area contributed by atoms with E-state index in [2.05, 4.69) is 26.1 Å². The van der Waals surface area contributed by atoms with Gasteiger partial charge in [-0.05, 0) is 31.2 Å². The maximum Gasteiger partial charge on any atom is 0.238 e. The van der Waals surface area contributed by atoms with Crippen molar-refractivity contribution in [3.63, 3.8) is 0 Å². The second kappa shape index (κ2) is 5.25. The molecule has 1 aromatic heterocycles. The number of aromatic nitrogens is 2. The van der Waals surface area contributed by atoms with Gasteiger partial charge >= 0.3 is 0 Å². The van der Waals surface area contributed by atoms with Crippen LogP contribution in [0, 0.1) is 6.92 Å². The minimum Gasteiger partial charge on any atom is -0.437 e. The lowest BCUT2D eigenvalue weighted by molar-refractivity contribution is 0.449. The second-order valence-corrected chi connectivity index (χ2v) is 4.49. The summed E-state index contributed by atoms with van der Waals surface area (Å²) >= 11 is 3.39. The summed E-state index contributed by atoms with van der Waals surface area (Å²) in [6, 6.07) is 9.31. The van der Waals surface area contributed by atoms with Gasteiger partial charge in [0, 0.05) is 22.6 Å². The molecule has 2 rings (SSSR count). The number of rotatable bonds is 3. The third kappa shape index (κ3) is 3.01. The number of nitrogens with zero attached hydrogens (tertiary/aromatic N) is 2. The first-order valence-electron chi connectivity index (χ1n) is 5.15. The summed E-state index contributed by atoms with van der Waals surface area (Å²) in [5.74, 6) is 1.17. The molecule has 17 heavy (non-hydrogen) atoms. The normalized spacial score (nSPS) is 10.3. The summed E-state index contributed by atoms with van der Waals surface area (Å²) in [4.78, 5) is 0. The number of nitrogens with two attached hydrogens (primary N) is 1. The van der Waals surface area contributed by atoms with Gasteiger partial charge in [0.2, 0.25) is 5.88 Å². The molecule has 2 aromatic rings. The first-order valence-corrected chi connectivity index (χ1v) is 5.95. The third-order valence-corrected chi connectivity index (χ3v) is 2.72. The van der Waals surface area contributed by atoms with Gasteiger partial charge in [0.25, 0.3) is 0 Å². The number of hydrogen-bond acceptors (Lipinski definition) is 4. The van der Waals surface area contributed by atoms with Gasteiger partial charge in [-0.25, -0.2) is 0 Å². The van der Waals surface area contributed by atoms with Crippen LogP contribution in [0.15, 0.2) is 34.8 Å². The third-order valence-electron chi connectivity index (χ3n) is 2.23. The van der Waals surface area contributed by atoms with Crippen molar-refractivity contribution < 1.29 is 4.74 Å². The first kappa shape index (κ1) is 12.0. The lowest BCUT2D eigenvalue weighted by atomic mass is 10.2. The van der Waals surface area contributed by atoms with Gasteiger partial charge in [-0.3, -0.25) is 0 Å². The van der Waals surface area contributed by atoms with E-state index in [1.807, 2.05) is 31.2 Å². The Labute approximate surface area is 108 Å². The monoisotopic (exact) mass is 293 g/mol. The Morgan fingerprint density at radius 1 is 1.24 bits per heavy atom. The zero-order valence-corrected chi connectivity index (χ0v) is 10.9. The van der Waals surface area contributed by atoms with Crippen molar-refractivity contribution in [3.8, 4) is 11.6 Å². The fourth-order valence-electron chi connectivity index (χ4n) is 1.36. The second-order valence-electron chi connectivity index (χ2n) is 3.57. The Morgan fingerprint density at radius 2 is 2.06 bits per heavy atom. The summed E-state index contributed by atoms with van der Waals surface area (Å²) in [7, 11) is 0. The van der Waals surface area contributed by atoms with E-state index in [1.54, 1.807) is 6.07 Å². The highest BCUT2D eigenvalue weighted by Gasteiger charge is 2.05. The molecule has 0 spiro atoms. The maximum absolute atomic E-state index is 5.66. The SMILES string of the molecule is Cc1ccc(Oc2ccc(Br)cc2CN)nn1. The van der Waals surface area contributed by atoms with E-state index in [0.29, 0.717) is 18.2 Å². The van der Waals surface area contributed by atoms with Crippen LogP contribution < -0.4 is 10.5 Å². The Morgan fingerprint density at radius 3 is 2.71 bits per heavy atom. The molecule has 0 aliphatic heterocycles. The van der Waals surface area contributed by atoms with Crippen LogP contribution in [0.3, 0.4) is 0 Å². The molecule has 0 saturated carbocycles. The Balaban J connectivity index is 2.26. The summed E-state index contributed by atoms with van der Waals surface area (Å²) in [6.45, 7) is 2.29. The van der Waals surface area contributed by atoms with Crippen LogP contribution in [0.5, 0.6) is 11.6 Å². The fourth-order valence-corrected chi connectivity index (χ4v) is 1.77. The average molecular weight is 294 g/mol. The standard InChI is InChI=1S/C12H12BrN3O/c1-8-2-5-12(16-15-8)17-11-4-3-10(13)6-9(11)7-14/h2-6H,7,14H2,1H3. The van der Waals surface area contributed by atoms with Crippen molar-refractivity contribution in [1.82, 2.24) is 10.2 Å². The van der Waals surface area contributed by atoms with Crippen molar-refractivity contribution in [2.24, 2.45) is 5.73 Å². The zero-order valence-electron chi connectivity index (χ0n) is 9.35. The Bertz CT molecular complexity index is 514. The summed E-state index contributed by atoms with van der Waals surface area (Å²) in [5.41, 5.74) is 7.43. The van der Waals surface area contributed by atoms with E-state index in [-0.39, 0.29) is 0 Å². The molecule has 2 N–H and O–H groups in total. The van der Waals surface area contributed by atoms with Crippen molar-refractivity contribution in [3.05, 3.63) is 46.1 Å². The van der Waals surface area contributed by atoms with Crippen LogP contribution in [-0.4, -0.2) is 10.2 Å². The fraction of sp³-hybridized carbons (Fsp3) is 0.167. The van der Waals surface area contributed by atoms with Crippen LogP contribution in [0.25, 0.3) is 0 Å². The van der Waals surface area contributed by atoms with Crippen LogP contribution in [0.1, 0.15) is 11.3 Å². The predicted octanol–water partition coefficient (Wildman–Crippen LogP) is 2.80. The molecule has 0 amide bonds. The van der Waals surface area contributed by atoms with Gasteiger partial charge in [0.1, 0.15) is 5.75 Å². The van der Waals surface area contributed by atoms with E-state index in [1.165, 1.54) is 0 Å². The van der Waals surface area contributed by atoms with Crippen LogP contribution >= 0.6 is 15.9 Å². The average Bonchev–Trinajstić information content (AvgIpc) is 2.34. The Kier molecular flexibility index (Phi) is 3.71. The molecule has 0 atom stereocenters. The molecule has 0 aliphatic rings. The van der Waals surface area contributed by atoms with Crippen molar-refractivity contribution in [1.29, 1.82) is 0 Å². The molecule has 1 heterocycles. The quantitative estimate of drug-likeness (QED) is 0.945. The topological polar surface area (TPSA) is 61.0 Å².